The van der Waals surface area contributed by atoms with Crippen molar-refractivity contribution in [2.24, 2.45) is 0 Å². The van der Waals surface area contributed by atoms with E-state index in [4.69, 9.17) is 17.3 Å². The average molecular weight is 312 g/mol. The summed E-state index contributed by atoms with van der Waals surface area (Å²) in [5.41, 5.74) is 6.37. The van der Waals surface area contributed by atoms with E-state index >= 15 is 0 Å². The van der Waals surface area contributed by atoms with Gasteiger partial charge in [0, 0.05) is 5.69 Å². The average Bonchev–Trinajstić information content (AvgIpc) is 2.76. The molecule has 3 rings (SSSR count). The van der Waals surface area contributed by atoms with Crippen molar-refractivity contribution in [2.45, 2.75) is 6.18 Å². The molecule has 0 unspecified atom stereocenters. The maximum absolute atomic E-state index is 12.8. The molecular weight excluding hydrogens is 303 g/mol. The van der Waals surface area contributed by atoms with Gasteiger partial charge >= 0.3 is 6.18 Å². The van der Waals surface area contributed by atoms with Crippen LogP contribution in [0.2, 0.25) is 5.02 Å². The Morgan fingerprint density at radius 3 is 2.52 bits per heavy atom. The summed E-state index contributed by atoms with van der Waals surface area (Å²) >= 11 is 6.02. The van der Waals surface area contributed by atoms with Crippen molar-refractivity contribution >= 4 is 28.6 Å². The molecular formula is C14H9ClF3N3. The van der Waals surface area contributed by atoms with Gasteiger partial charge in [0.2, 0.25) is 5.95 Å². The molecule has 2 aromatic carbocycles. The number of rotatable bonds is 1. The highest BCUT2D eigenvalue weighted by Crippen LogP contribution is 2.33. The van der Waals surface area contributed by atoms with Crippen LogP contribution in [0.25, 0.3) is 16.7 Å². The van der Waals surface area contributed by atoms with Gasteiger partial charge < -0.3 is 5.73 Å². The Morgan fingerprint density at radius 2 is 1.81 bits per heavy atom. The summed E-state index contributed by atoms with van der Waals surface area (Å²) < 4.78 is 39.9. The second kappa shape index (κ2) is 4.66. The van der Waals surface area contributed by atoms with Crippen LogP contribution < -0.4 is 5.73 Å². The molecule has 108 valence electrons. The molecule has 7 heteroatoms. The molecule has 0 radical (unpaired) electrons. The quantitative estimate of drug-likeness (QED) is 0.729. The third kappa shape index (κ3) is 2.31. The Labute approximate surface area is 122 Å². The molecule has 0 saturated heterocycles. The maximum atomic E-state index is 12.8. The Kier molecular flexibility index (Phi) is 3.06. The second-order valence-electron chi connectivity index (χ2n) is 4.46. The van der Waals surface area contributed by atoms with E-state index < -0.39 is 11.7 Å². The molecule has 0 atom stereocenters. The maximum Gasteiger partial charge on any atom is 0.416 e. The Balaban J connectivity index is 2.26. The first-order chi connectivity index (χ1) is 9.88. The van der Waals surface area contributed by atoms with E-state index in [0.29, 0.717) is 16.1 Å². The zero-order chi connectivity index (χ0) is 15.2. The second-order valence-corrected chi connectivity index (χ2v) is 4.87. The van der Waals surface area contributed by atoms with E-state index in [-0.39, 0.29) is 11.6 Å². The van der Waals surface area contributed by atoms with Crippen LogP contribution in [0.1, 0.15) is 5.56 Å². The number of fused-ring (bicyclic) bond motifs is 1. The van der Waals surface area contributed by atoms with E-state index in [1.165, 1.54) is 16.7 Å². The van der Waals surface area contributed by atoms with Gasteiger partial charge in [0.25, 0.3) is 0 Å². The summed E-state index contributed by atoms with van der Waals surface area (Å²) in [5, 5.41) is 0.393. The molecule has 2 N–H and O–H groups in total. The highest BCUT2D eigenvalue weighted by atomic mass is 35.5. The normalized spacial score (nSPS) is 12.0. The number of benzene rings is 2. The number of hydrogen-bond acceptors (Lipinski definition) is 2. The summed E-state index contributed by atoms with van der Waals surface area (Å²) in [5.74, 6) is 0.0809. The fourth-order valence-electron chi connectivity index (χ4n) is 2.18. The van der Waals surface area contributed by atoms with Crippen molar-refractivity contribution in [1.29, 1.82) is 0 Å². The number of anilines is 1. The number of halogens is 4. The highest BCUT2D eigenvalue weighted by molar-refractivity contribution is 6.35. The molecule has 0 aliphatic rings. The van der Waals surface area contributed by atoms with Crippen LogP contribution in [-0.2, 0) is 6.18 Å². The van der Waals surface area contributed by atoms with Crippen LogP contribution in [0.15, 0.2) is 42.5 Å². The predicted octanol–water partition coefficient (Wildman–Crippen LogP) is 4.28. The summed E-state index contributed by atoms with van der Waals surface area (Å²) in [7, 11) is 0. The van der Waals surface area contributed by atoms with Crippen LogP contribution in [0, 0.1) is 0 Å². The lowest BCUT2D eigenvalue weighted by Gasteiger charge is -2.11. The van der Waals surface area contributed by atoms with Gasteiger partial charge in [-0.25, -0.2) is 4.98 Å². The van der Waals surface area contributed by atoms with E-state index in [1.54, 1.807) is 18.2 Å². The van der Waals surface area contributed by atoms with E-state index in [9.17, 15) is 13.2 Å². The third-order valence-corrected chi connectivity index (χ3v) is 3.40. The number of para-hydroxylation sites is 1. The Bertz CT molecular complexity index is 824. The lowest BCUT2D eigenvalue weighted by Crippen LogP contribution is -2.07. The molecule has 0 saturated carbocycles. The number of hydrogen-bond donors (Lipinski definition) is 1. The Hall–Kier alpha value is -2.21. The number of alkyl halides is 3. The summed E-state index contributed by atoms with van der Waals surface area (Å²) in [4.78, 5) is 4.11. The van der Waals surface area contributed by atoms with E-state index in [2.05, 4.69) is 4.98 Å². The van der Waals surface area contributed by atoms with Gasteiger partial charge in [-0.05, 0) is 30.3 Å². The number of aromatic nitrogens is 2. The molecule has 0 aliphatic carbocycles. The van der Waals surface area contributed by atoms with E-state index in [0.717, 1.165) is 12.1 Å². The van der Waals surface area contributed by atoms with Crippen LogP contribution in [0.4, 0.5) is 19.1 Å². The fourth-order valence-corrected chi connectivity index (χ4v) is 2.39. The van der Waals surface area contributed by atoms with Gasteiger partial charge in [0.05, 0.1) is 16.1 Å². The van der Waals surface area contributed by atoms with Gasteiger partial charge in [-0.2, -0.15) is 13.2 Å². The van der Waals surface area contributed by atoms with Crippen LogP contribution in [-0.4, -0.2) is 9.55 Å². The minimum Gasteiger partial charge on any atom is -0.369 e. The molecule has 1 aromatic heterocycles. The molecule has 0 spiro atoms. The fraction of sp³-hybridized carbons (Fsp3) is 0.0714. The molecule has 3 aromatic rings. The molecule has 1 heterocycles. The van der Waals surface area contributed by atoms with Crippen LogP contribution in [0.3, 0.4) is 0 Å². The smallest absolute Gasteiger partial charge is 0.369 e. The van der Waals surface area contributed by atoms with Crippen molar-refractivity contribution in [3.05, 3.63) is 53.1 Å². The van der Waals surface area contributed by atoms with Gasteiger partial charge in [0.1, 0.15) is 5.52 Å². The standard InChI is InChI=1S/C14H9ClF3N3/c15-10-5-2-6-11-12(10)20-13(19)21(11)9-4-1-3-8(7-9)14(16,17)18/h1-7H,(H2,19,20). The zero-order valence-electron chi connectivity index (χ0n) is 10.5. The monoisotopic (exact) mass is 311 g/mol. The van der Waals surface area contributed by atoms with Crippen LogP contribution in [0.5, 0.6) is 0 Å². The van der Waals surface area contributed by atoms with Crippen molar-refractivity contribution < 1.29 is 13.2 Å². The lowest BCUT2D eigenvalue weighted by atomic mass is 10.2. The first kappa shape index (κ1) is 13.8. The van der Waals surface area contributed by atoms with Crippen molar-refractivity contribution in [3.63, 3.8) is 0 Å². The molecule has 21 heavy (non-hydrogen) atoms. The molecule has 0 bridgehead atoms. The van der Waals surface area contributed by atoms with Crippen molar-refractivity contribution in [3.8, 4) is 5.69 Å². The summed E-state index contributed by atoms with van der Waals surface area (Å²) in [6.07, 6.45) is -4.42. The molecule has 3 nitrogen and oxygen atoms in total. The number of nitrogens with two attached hydrogens (primary N) is 1. The first-order valence-electron chi connectivity index (χ1n) is 5.98. The van der Waals surface area contributed by atoms with Gasteiger partial charge in [-0.15, -0.1) is 0 Å². The van der Waals surface area contributed by atoms with Crippen molar-refractivity contribution in [2.75, 3.05) is 5.73 Å². The highest BCUT2D eigenvalue weighted by Gasteiger charge is 2.30. The lowest BCUT2D eigenvalue weighted by molar-refractivity contribution is -0.137. The Morgan fingerprint density at radius 1 is 1.10 bits per heavy atom. The molecule has 0 aliphatic heterocycles. The first-order valence-corrected chi connectivity index (χ1v) is 6.36. The van der Waals surface area contributed by atoms with Crippen LogP contribution >= 0.6 is 11.6 Å². The van der Waals surface area contributed by atoms with E-state index in [1.807, 2.05) is 0 Å². The van der Waals surface area contributed by atoms with Gasteiger partial charge in [0.15, 0.2) is 0 Å². The number of imidazole rings is 1. The molecule has 0 fully saturated rings. The minimum atomic E-state index is -4.42. The minimum absolute atomic E-state index is 0.0809. The topological polar surface area (TPSA) is 43.8 Å². The zero-order valence-corrected chi connectivity index (χ0v) is 11.3. The summed E-state index contributed by atoms with van der Waals surface area (Å²) in [6, 6.07) is 9.93. The SMILES string of the molecule is Nc1nc2c(Cl)cccc2n1-c1cccc(C(F)(F)F)c1. The number of nitrogen functional groups attached to an aromatic ring is 1. The number of nitrogens with zero attached hydrogens (tertiary/aromatic N) is 2. The van der Waals surface area contributed by atoms with Crippen molar-refractivity contribution in [1.82, 2.24) is 9.55 Å². The molecule has 0 amide bonds. The summed E-state index contributed by atoms with van der Waals surface area (Å²) in [6.45, 7) is 0. The van der Waals surface area contributed by atoms with Gasteiger partial charge in [-0.1, -0.05) is 23.7 Å². The third-order valence-electron chi connectivity index (χ3n) is 3.09. The van der Waals surface area contributed by atoms with Gasteiger partial charge in [-0.3, -0.25) is 4.57 Å². The predicted molar refractivity (Wildman–Crippen MR) is 75.5 cm³/mol. The largest absolute Gasteiger partial charge is 0.416 e.